The number of anilines is 3. The predicted molar refractivity (Wildman–Crippen MR) is 126 cm³/mol. The van der Waals surface area contributed by atoms with Crippen LogP contribution in [0.4, 0.5) is 17.2 Å². The highest BCUT2D eigenvalue weighted by molar-refractivity contribution is 6.02. The van der Waals surface area contributed by atoms with Crippen molar-refractivity contribution in [1.82, 2.24) is 9.97 Å². The molecule has 0 unspecified atom stereocenters. The molecule has 0 bridgehead atoms. The van der Waals surface area contributed by atoms with E-state index in [2.05, 4.69) is 20.6 Å². The van der Waals surface area contributed by atoms with Crippen LogP contribution in [0, 0.1) is 13.8 Å². The third-order valence-corrected chi connectivity index (χ3v) is 5.08. The van der Waals surface area contributed by atoms with E-state index >= 15 is 0 Å². The van der Waals surface area contributed by atoms with Crippen LogP contribution in [0.15, 0.2) is 48.8 Å². The number of Topliss-reactive ketones (excluding diaryl/α,β-unsaturated/α-hetero) is 1. The van der Waals surface area contributed by atoms with Gasteiger partial charge < -0.3 is 15.4 Å². The van der Waals surface area contributed by atoms with E-state index < -0.39 is 0 Å². The monoisotopic (exact) mass is 432 g/mol. The number of carbonyl (C=O) groups is 2. The number of carbonyl (C=O) groups excluding carboxylic acids is 2. The Morgan fingerprint density at radius 2 is 1.81 bits per heavy atom. The molecule has 7 nitrogen and oxygen atoms in total. The molecule has 3 rings (SSSR count). The zero-order chi connectivity index (χ0) is 23.1. The van der Waals surface area contributed by atoms with Crippen LogP contribution < -0.4 is 15.4 Å². The first-order valence-electron chi connectivity index (χ1n) is 10.6. The van der Waals surface area contributed by atoms with Crippen LogP contribution in [0.1, 0.15) is 46.9 Å². The number of nitrogens with one attached hydrogen (secondary N) is 2. The number of benzene rings is 2. The van der Waals surface area contributed by atoms with Crippen LogP contribution >= 0.6 is 0 Å². The quantitative estimate of drug-likeness (QED) is 0.462. The fourth-order valence-electron chi connectivity index (χ4n) is 3.36. The van der Waals surface area contributed by atoms with Crippen LogP contribution in [0.3, 0.4) is 0 Å². The smallest absolute Gasteiger partial charge is 0.224 e. The second-order valence-electron chi connectivity index (χ2n) is 7.57. The SMILES string of the molecule is CCc1ccc(Nc2cc(C)ncn2)cc1NC(=O)CCC(=O)c1cc(C)ccc1OC. The number of amides is 1. The van der Waals surface area contributed by atoms with Crippen molar-refractivity contribution in [1.29, 1.82) is 0 Å². The number of nitrogens with zero attached hydrogens (tertiary/aromatic N) is 2. The molecule has 0 fully saturated rings. The van der Waals surface area contributed by atoms with Gasteiger partial charge in [-0.1, -0.05) is 24.6 Å². The van der Waals surface area contributed by atoms with Gasteiger partial charge in [0, 0.05) is 36.0 Å². The molecule has 0 aliphatic carbocycles. The molecule has 1 heterocycles. The number of hydrogen-bond donors (Lipinski definition) is 2. The molecule has 0 aliphatic rings. The lowest BCUT2D eigenvalue weighted by Gasteiger charge is -2.13. The van der Waals surface area contributed by atoms with Gasteiger partial charge in [0.05, 0.1) is 12.7 Å². The van der Waals surface area contributed by atoms with E-state index in [1.165, 1.54) is 13.4 Å². The van der Waals surface area contributed by atoms with Crippen LogP contribution in [-0.4, -0.2) is 28.8 Å². The van der Waals surface area contributed by atoms with Gasteiger partial charge in [0.1, 0.15) is 17.9 Å². The molecule has 0 radical (unpaired) electrons. The number of rotatable bonds is 9. The van der Waals surface area contributed by atoms with Crippen molar-refractivity contribution in [3.63, 3.8) is 0 Å². The highest BCUT2D eigenvalue weighted by Crippen LogP contribution is 2.25. The lowest BCUT2D eigenvalue weighted by molar-refractivity contribution is -0.116. The van der Waals surface area contributed by atoms with Crippen molar-refractivity contribution in [2.75, 3.05) is 17.7 Å². The average Bonchev–Trinajstić information content (AvgIpc) is 2.77. The second kappa shape index (κ2) is 10.5. The standard InChI is InChI=1S/C25H28N4O3/c1-5-18-7-8-19(28-24-13-17(3)26-15-27-24)14-21(18)29-25(31)11-9-22(30)20-12-16(2)6-10-23(20)32-4/h6-8,10,12-15H,5,9,11H2,1-4H3,(H,29,31)(H,26,27,28). The largest absolute Gasteiger partial charge is 0.496 e. The molecule has 7 heteroatoms. The molecule has 0 aliphatic heterocycles. The van der Waals surface area contributed by atoms with Crippen molar-refractivity contribution in [2.24, 2.45) is 0 Å². The van der Waals surface area contributed by atoms with Crippen molar-refractivity contribution in [3.05, 3.63) is 71.2 Å². The van der Waals surface area contributed by atoms with Gasteiger partial charge in [0.15, 0.2) is 5.78 Å². The van der Waals surface area contributed by atoms with Crippen molar-refractivity contribution >= 4 is 28.9 Å². The average molecular weight is 433 g/mol. The van der Waals surface area contributed by atoms with E-state index in [1.807, 2.05) is 51.1 Å². The Labute approximate surface area is 188 Å². The molecule has 0 spiro atoms. The summed E-state index contributed by atoms with van der Waals surface area (Å²) in [6, 6.07) is 13.1. The first-order chi connectivity index (χ1) is 15.4. The summed E-state index contributed by atoms with van der Waals surface area (Å²) in [5, 5.41) is 6.18. The molecule has 3 aromatic rings. The normalized spacial score (nSPS) is 10.5. The number of methoxy groups -OCH3 is 1. The van der Waals surface area contributed by atoms with E-state index in [1.54, 1.807) is 12.1 Å². The van der Waals surface area contributed by atoms with Crippen molar-refractivity contribution in [2.45, 2.75) is 40.0 Å². The van der Waals surface area contributed by atoms with Crippen LogP contribution in [0.2, 0.25) is 0 Å². The van der Waals surface area contributed by atoms with Gasteiger partial charge in [0.2, 0.25) is 5.91 Å². The van der Waals surface area contributed by atoms with E-state index in [9.17, 15) is 9.59 Å². The molecular formula is C25H28N4O3. The van der Waals surface area contributed by atoms with Gasteiger partial charge in [-0.3, -0.25) is 9.59 Å². The minimum absolute atomic E-state index is 0.0852. The summed E-state index contributed by atoms with van der Waals surface area (Å²) < 4.78 is 5.29. The number of aromatic nitrogens is 2. The molecule has 2 N–H and O–H groups in total. The van der Waals surface area contributed by atoms with Gasteiger partial charge in [-0.25, -0.2) is 9.97 Å². The summed E-state index contributed by atoms with van der Waals surface area (Å²) in [6.45, 7) is 5.84. The van der Waals surface area contributed by atoms with E-state index in [4.69, 9.17) is 4.74 Å². The number of hydrogen-bond acceptors (Lipinski definition) is 6. The van der Waals surface area contributed by atoms with Crippen LogP contribution in [0.25, 0.3) is 0 Å². The summed E-state index contributed by atoms with van der Waals surface area (Å²) in [7, 11) is 1.53. The van der Waals surface area contributed by atoms with Crippen LogP contribution in [0.5, 0.6) is 5.75 Å². The maximum atomic E-state index is 12.7. The maximum Gasteiger partial charge on any atom is 0.224 e. The van der Waals surface area contributed by atoms with E-state index in [-0.39, 0.29) is 24.5 Å². The summed E-state index contributed by atoms with van der Waals surface area (Å²) in [4.78, 5) is 33.6. The lowest BCUT2D eigenvalue weighted by Crippen LogP contribution is -2.15. The highest BCUT2D eigenvalue weighted by Gasteiger charge is 2.15. The first-order valence-corrected chi connectivity index (χ1v) is 10.6. The molecule has 1 aromatic heterocycles. The van der Waals surface area contributed by atoms with Crippen molar-refractivity contribution in [3.8, 4) is 5.75 Å². The Morgan fingerprint density at radius 3 is 2.53 bits per heavy atom. The number of ketones is 1. The molecule has 166 valence electrons. The first kappa shape index (κ1) is 22.9. The molecule has 0 saturated heterocycles. The molecule has 2 aromatic carbocycles. The zero-order valence-electron chi connectivity index (χ0n) is 18.9. The highest BCUT2D eigenvalue weighted by atomic mass is 16.5. The number of ether oxygens (including phenoxy) is 1. The summed E-state index contributed by atoms with van der Waals surface area (Å²) in [5.74, 6) is 0.866. The fourth-order valence-corrected chi connectivity index (χ4v) is 3.36. The van der Waals surface area contributed by atoms with E-state index in [0.717, 1.165) is 28.9 Å². The molecular weight excluding hydrogens is 404 g/mol. The lowest BCUT2D eigenvalue weighted by atomic mass is 10.0. The zero-order valence-corrected chi connectivity index (χ0v) is 18.9. The molecule has 1 amide bonds. The topological polar surface area (TPSA) is 93.2 Å². The van der Waals surface area contributed by atoms with Gasteiger partial charge in [-0.05, 0) is 50.1 Å². The molecule has 32 heavy (non-hydrogen) atoms. The van der Waals surface area contributed by atoms with Gasteiger partial charge >= 0.3 is 0 Å². The van der Waals surface area contributed by atoms with Gasteiger partial charge in [-0.15, -0.1) is 0 Å². The third-order valence-electron chi connectivity index (χ3n) is 5.08. The third kappa shape index (κ3) is 5.91. The van der Waals surface area contributed by atoms with E-state index in [0.29, 0.717) is 22.8 Å². The predicted octanol–water partition coefficient (Wildman–Crippen LogP) is 5.01. The minimum atomic E-state index is -0.213. The minimum Gasteiger partial charge on any atom is -0.496 e. The Bertz CT molecular complexity index is 1130. The Kier molecular flexibility index (Phi) is 7.54. The molecule has 0 saturated carbocycles. The molecule has 0 atom stereocenters. The Balaban J connectivity index is 1.67. The fraction of sp³-hybridized carbons (Fsp3) is 0.280. The number of aryl methyl sites for hydroxylation is 3. The van der Waals surface area contributed by atoms with Gasteiger partial charge in [-0.2, -0.15) is 0 Å². The summed E-state index contributed by atoms with van der Waals surface area (Å²) in [6.07, 6.45) is 2.45. The summed E-state index contributed by atoms with van der Waals surface area (Å²) >= 11 is 0. The van der Waals surface area contributed by atoms with Crippen LogP contribution in [-0.2, 0) is 11.2 Å². The van der Waals surface area contributed by atoms with Crippen molar-refractivity contribution < 1.29 is 14.3 Å². The Morgan fingerprint density at radius 1 is 1.00 bits per heavy atom. The summed E-state index contributed by atoms with van der Waals surface area (Å²) in [5.41, 5.74) is 4.85. The second-order valence-corrected chi connectivity index (χ2v) is 7.57. The maximum absolute atomic E-state index is 12.7. The Hall–Kier alpha value is -3.74. The van der Waals surface area contributed by atoms with Gasteiger partial charge in [0.25, 0.3) is 0 Å².